The van der Waals surface area contributed by atoms with E-state index in [2.05, 4.69) is 4.90 Å². The van der Waals surface area contributed by atoms with Crippen LogP contribution in [0.1, 0.15) is 32.1 Å². The van der Waals surface area contributed by atoms with Gasteiger partial charge in [-0.25, -0.2) is 0 Å². The molecule has 2 atom stereocenters. The van der Waals surface area contributed by atoms with Crippen molar-refractivity contribution >= 4 is 13.8 Å². The van der Waals surface area contributed by atoms with Gasteiger partial charge in [-0.05, 0) is 31.7 Å². The standard InChI is InChI=1S/C13H25BN2O3/c14-6-2-1-4-13(15,12(18)19)5-8-16-7-3-11(9-16)10-17/h11,17H,1-10,15H2,(H,18,19)/t11-,13-/m1/s1. The molecule has 0 aromatic carbocycles. The molecule has 5 nitrogen and oxygen atoms in total. The van der Waals surface area contributed by atoms with Crippen LogP contribution in [0, 0.1) is 5.92 Å². The average Bonchev–Trinajstić information content (AvgIpc) is 2.84. The van der Waals surface area contributed by atoms with E-state index in [1.165, 1.54) is 0 Å². The van der Waals surface area contributed by atoms with Gasteiger partial charge in [-0.2, -0.15) is 0 Å². The zero-order valence-electron chi connectivity index (χ0n) is 11.6. The molecule has 1 aliphatic heterocycles. The van der Waals surface area contributed by atoms with Crippen molar-refractivity contribution in [2.24, 2.45) is 11.7 Å². The van der Waals surface area contributed by atoms with Crippen LogP contribution in [-0.2, 0) is 4.79 Å². The Bertz CT molecular complexity index is 291. The minimum absolute atomic E-state index is 0.208. The Morgan fingerprint density at radius 1 is 1.42 bits per heavy atom. The summed E-state index contributed by atoms with van der Waals surface area (Å²) in [4.78, 5) is 13.5. The molecule has 1 rings (SSSR count). The number of aliphatic carboxylic acids is 1. The summed E-state index contributed by atoms with van der Waals surface area (Å²) in [5.74, 6) is -0.600. The number of nitrogens with two attached hydrogens (primary N) is 1. The van der Waals surface area contributed by atoms with Crippen LogP contribution in [0.5, 0.6) is 0 Å². The number of unbranched alkanes of at least 4 members (excludes halogenated alkanes) is 1. The van der Waals surface area contributed by atoms with E-state index >= 15 is 0 Å². The van der Waals surface area contributed by atoms with Gasteiger partial charge in [-0.1, -0.05) is 19.2 Å². The highest BCUT2D eigenvalue weighted by molar-refractivity contribution is 6.08. The Balaban J connectivity index is 2.39. The van der Waals surface area contributed by atoms with Crippen molar-refractivity contribution in [1.29, 1.82) is 0 Å². The molecule has 0 saturated carbocycles. The largest absolute Gasteiger partial charge is 0.480 e. The number of nitrogens with zero attached hydrogens (tertiary/aromatic N) is 1. The number of carboxylic acid groups (broad SMARTS) is 1. The summed E-state index contributed by atoms with van der Waals surface area (Å²) in [6, 6.07) is 0. The van der Waals surface area contributed by atoms with E-state index in [0.717, 1.165) is 32.4 Å². The predicted octanol–water partition coefficient (Wildman–Crippen LogP) is 0.230. The third-order valence-corrected chi connectivity index (χ3v) is 4.01. The quantitative estimate of drug-likeness (QED) is 0.411. The average molecular weight is 268 g/mol. The molecule has 1 saturated heterocycles. The molecule has 4 N–H and O–H groups in total. The van der Waals surface area contributed by atoms with Crippen LogP contribution in [0.4, 0.5) is 0 Å². The number of aliphatic hydroxyl groups excluding tert-OH is 1. The summed E-state index contributed by atoms with van der Waals surface area (Å²) in [6.45, 7) is 2.65. The maximum Gasteiger partial charge on any atom is 0.323 e. The molecule has 1 aliphatic rings. The monoisotopic (exact) mass is 268 g/mol. The van der Waals surface area contributed by atoms with Gasteiger partial charge in [0, 0.05) is 19.7 Å². The van der Waals surface area contributed by atoms with Gasteiger partial charge in [0.05, 0.1) is 7.85 Å². The zero-order chi connectivity index (χ0) is 14.3. The smallest absolute Gasteiger partial charge is 0.323 e. The maximum atomic E-state index is 11.3. The lowest BCUT2D eigenvalue weighted by molar-refractivity contribution is -0.144. The van der Waals surface area contributed by atoms with E-state index < -0.39 is 11.5 Å². The Labute approximate surface area is 116 Å². The maximum absolute atomic E-state index is 11.3. The SMILES string of the molecule is [B]CCCC[C@@](N)(CCN1CC[C@@H](CO)C1)C(=O)O. The molecular formula is C13H25BN2O3. The first kappa shape index (κ1) is 16.5. The molecule has 0 amide bonds. The lowest BCUT2D eigenvalue weighted by atomic mass is 9.88. The molecule has 0 bridgehead atoms. The van der Waals surface area contributed by atoms with E-state index in [1.54, 1.807) is 0 Å². The van der Waals surface area contributed by atoms with Crippen molar-refractivity contribution in [2.45, 2.75) is 44.0 Å². The molecule has 6 heteroatoms. The summed E-state index contributed by atoms with van der Waals surface area (Å²) < 4.78 is 0. The number of carboxylic acids is 1. The Hall–Kier alpha value is -0.585. The molecule has 108 valence electrons. The second-order valence-electron chi connectivity index (χ2n) is 5.59. The highest BCUT2D eigenvalue weighted by Gasteiger charge is 2.34. The van der Waals surface area contributed by atoms with E-state index in [1.807, 2.05) is 0 Å². The molecule has 19 heavy (non-hydrogen) atoms. The molecule has 0 spiro atoms. The van der Waals surface area contributed by atoms with Gasteiger partial charge < -0.3 is 20.8 Å². The molecule has 0 aromatic rings. The third-order valence-electron chi connectivity index (χ3n) is 4.01. The van der Waals surface area contributed by atoms with Crippen molar-refractivity contribution in [3.63, 3.8) is 0 Å². The lowest BCUT2D eigenvalue weighted by Crippen LogP contribution is -2.50. The van der Waals surface area contributed by atoms with Crippen LogP contribution in [0.25, 0.3) is 0 Å². The van der Waals surface area contributed by atoms with Crippen LogP contribution in [0.15, 0.2) is 0 Å². The Morgan fingerprint density at radius 2 is 2.16 bits per heavy atom. The van der Waals surface area contributed by atoms with Crippen molar-refractivity contribution in [3.8, 4) is 0 Å². The summed E-state index contributed by atoms with van der Waals surface area (Å²) in [5, 5.41) is 18.4. The lowest BCUT2D eigenvalue weighted by Gasteiger charge is -2.27. The number of hydrogen-bond acceptors (Lipinski definition) is 4. The van der Waals surface area contributed by atoms with E-state index in [4.69, 9.17) is 18.7 Å². The predicted molar refractivity (Wildman–Crippen MR) is 75.2 cm³/mol. The second-order valence-corrected chi connectivity index (χ2v) is 5.59. The van der Waals surface area contributed by atoms with Crippen LogP contribution in [-0.4, -0.2) is 60.7 Å². The number of hydrogen-bond donors (Lipinski definition) is 3. The normalized spacial score (nSPS) is 23.4. The van der Waals surface area contributed by atoms with E-state index in [9.17, 15) is 9.90 Å². The summed E-state index contributed by atoms with van der Waals surface area (Å²) in [6.07, 6.45) is 4.03. The highest BCUT2D eigenvalue weighted by Crippen LogP contribution is 2.21. The first-order valence-corrected chi connectivity index (χ1v) is 7.07. The van der Waals surface area contributed by atoms with Crippen molar-refractivity contribution in [2.75, 3.05) is 26.2 Å². The van der Waals surface area contributed by atoms with Gasteiger partial charge in [0.15, 0.2) is 0 Å². The molecular weight excluding hydrogens is 243 g/mol. The number of aliphatic hydroxyl groups is 1. The zero-order valence-corrected chi connectivity index (χ0v) is 11.6. The van der Waals surface area contributed by atoms with Crippen LogP contribution >= 0.6 is 0 Å². The molecule has 2 radical (unpaired) electrons. The summed E-state index contributed by atoms with van der Waals surface area (Å²) in [5.41, 5.74) is 4.86. The Kier molecular flexibility index (Phi) is 6.82. The summed E-state index contributed by atoms with van der Waals surface area (Å²) in [7, 11) is 5.42. The fourth-order valence-corrected chi connectivity index (χ4v) is 2.55. The first-order chi connectivity index (χ1) is 9.01. The number of carbonyl (C=O) groups is 1. The molecule has 0 unspecified atom stereocenters. The van der Waals surface area contributed by atoms with Crippen molar-refractivity contribution in [1.82, 2.24) is 4.90 Å². The second kappa shape index (κ2) is 7.87. The number of rotatable bonds is 9. The van der Waals surface area contributed by atoms with Gasteiger partial charge in [0.2, 0.25) is 0 Å². The topological polar surface area (TPSA) is 86.8 Å². The van der Waals surface area contributed by atoms with Gasteiger partial charge in [-0.15, -0.1) is 0 Å². The van der Waals surface area contributed by atoms with Crippen LogP contribution in [0.2, 0.25) is 6.32 Å². The van der Waals surface area contributed by atoms with Gasteiger partial charge in [0.1, 0.15) is 5.54 Å². The van der Waals surface area contributed by atoms with Crippen molar-refractivity contribution < 1.29 is 15.0 Å². The van der Waals surface area contributed by atoms with E-state index in [0.29, 0.717) is 31.6 Å². The highest BCUT2D eigenvalue weighted by atomic mass is 16.4. The Morgan fingerprint density at radius 3 is 2.68 bits per heavy atom. The summed E-state index contributed by atoms with van der Waals surface area (Å²) >= 11 is 0. The molecule has 1 heterocycles. The fraction of sp³-hybridized carbons (Fsp3) is 0.923. The van der Waals surface area contributed by atoms with Crippen LogP contribution in [0.3, 0.4) is 0 Å². The molecule has 1 fully saturated rings. The minimum atomic E-state index is -1.15. The molecule has 0 aliphatic carbocycles. The molecule has 0 aromatic heterocycles. The third kappa shape index (κ3) is 5.13. The first-order valence-electron chi connectivity index (χ1n) is 7.07. The number of likely N-dealkylation sites (tertiary alicyclic amines) is 1. The van der Waals surface area contributed by atoms with E-state index in [-0.39, 0.29) is 6.61 Å². The minimum Gasteiger partial charge on any atom is -0.480 e. The van der Waals surface area contributed by atoms with Crippen LogP contribution < -0.4 is 5.73 Å². The van der Waals surface area contributed by atoms with Gasteiger partial charge in [-0.3, -0.25) is 4.79 Å². The van der Waals surface area contributed by atoms with Gasteiger partial charge in [0.25, 0.3) is 0 Å². The fourth-order valence-electron chi connectivity index (χ4n) is 2.55. The van der Waals surface area contributed by atoms with Crippen molar-refractivity contribution in [3.05, 3.63) is 0 Å². The van der Waals surface area contributed by atoms with Gasteiger partial charge >= 0.3 is 5.97 Å².